The minimum atomic E-state index is -3.27. The number of ether oxygens (including phenoxy) is 1. The van der Waals surface area contributed by atoms with Gasteiger partial charge in [-0.1, -0.05) is 13.8 Å². The molecule has 12 heavy (non-hydrogen) atoms. The average molecular weight is 178 g/mol. The number of carbonyl (C=O) groups is 1. The van der Waals surface area contributed by atoms with E-state index in [4.69, 9.17) is 0 Å². The fourth-order valence-corrected chi connectivity index (χ4v) is 1.44. The van der Waals surface area contributed by atoms with E-state index >= 15 is 0 Å². The molecule has 0 spiro atoms. The summed E-state index contributed by atoms with van der Waals surface area (Å²) in [4.78, 5) is 10.7. The summed E-state index contributed by atoms with van der Waals surface area (Å²) in [5, 5.41) is 0. The van der Waals surface area contributed by atoms with E-state index in [2.05, 4.69) is 4.74 Å². The smallest absolute Gasteiger partial charge is 0.377 e. The van der Waals surface area contributed by atoms with Crippen LogP contribution in [0.15, 0.2) is 0 Å². The highest BCUT2D eigenvalue weighted by molar-refractivity contribution is 5.78. The topological polar surface area (TPSA) is 26.3 Å². The largest absolute Gasteiger partial charge is 0.458 e. The van der Waals surface area contributed by atoms with Crippen molar-refractivity contribution in [2.45, 2.75) is 38.7 Å². The number of alkyl halides is 2. The van der Waals surface area contributed by atoms with Gasteiger partial charge in [-0.3, -0.25) is 0 Å². The molecule has 0 saturated carbocycles. The molecule has 2 atom stereocenters. The van der Waals surface area contributed by atoms with Gasteiger partial charge in [-0.25, -0.2) is 4.79 Å². The Labute approximate surface area is 69.9 Å². The monoisotopic (exact) mass is 178 g/mol. The summed E-state index contributed by atoms with van der Waals surface area (Å²) in [6, 6.07) is 0. The van der Waals surface area contributed by atoms with E-state index in [0.717, 1.165) is 0 Å². The van der Waals surface area contributed by atoms with Crippen LogP contribution >= 0.6 is 0 Å². The highest BCUT2D eigenvalue weighted by Crippen LogP contribution is 2.34. The molecule has 0 aromatic heterocycles. The molecule has 1 heterocycles. The summed E-state index contributed by atoms with van der Waals surface area (Å²) in [6.07, 6.45) is -0.120. The van der Waals surface area contributed by atoms with Crippen molar-refractivity contribution in [1.82, 2.24) is 0 Å². The van der Waals surface area contributed by atoms with Gasteiger partial charge in [0.2, 0.25) is 0 Å². The van der Waals surface area contributed by atoms with Crippen LogP contribution in [0.3, 0.4) is 0 Å². The van der Waals surface area contributed by atoms with Crippen molar-refractivity contribution in [3.63, 3.8) is 0 Å². The summed E-state index contributed by atoms with van der Waals surface area (Å²) in [5.41, 5.74) is 0. The maximum Gasteiger partial charge on any atom is 0.377 e. The number of hydrogen-bond acceptors (Lipinski definition) is 2. The summed E-state index contributed by atoms with van der Waals surface area (Å²) in [7, 11) is 0. The first-order valence-corrected chi connectivity index (χ1v) is 4.06. The normalized spacial score (nSPS) is 34.5. The van der Waals surface area contributed by atoms with E-state index in [1.807, 2.05) is 6.92 Å². The molecule has 1 aliphatic heterocycles. The van der Waals surface area contributed by atoms with Gasteiger partial charge in [0.1, 0.15) is 6.10 Å². The Balaban J connectivity index is 2.69. The van der Waals surface area contributed by atoms with Gasteiger partial charge >= 0.3 is 11.9 Å². The molecular formula is C8H12F2O2. The van der Waals surface area contributed by atoms with Gasteiger partial charge < -0.3 is 4.74 Å². The molecule has 70 valence electrons. The third kappa shape index (κ3) is 1.57. The fraction of sp³-hybridized carbons (Fsp3) is 0.875. The van der Waals surface area contributed by atoms with Crippen LogP contribution in [0, 0.1) is 5.92 Å². The fourth-order valence-electron chi connectivity index (χ4n) is 1.44. The third-order valence-corrected chi connectivity index (χ3v) is 2.17. The molecule has 2 unspecified atom stereocenters. The Morgan fingerprint density at radius 1 is 1.67 bits per heavy atom. The lowest BCUT2D eigenvalue weighted by molar-refractivity contribution is -0.197. The zero-order chi connectivity index (χ0) is 9.35. The molecule has 0 N–H and O–H groups in total. The number of hydrogen-bond donors (Lipinski definition) is 0. The molecule has 4 heteroatoms. The molecule has 0 amide bonds. The second kappa shape index (κ2) is 2.99. The maximum atomic E-state index is 12.7. The summed E-state index contributed by atoms with van der Waals surface area (Å²) in [5.74, 6) is -4.89. The van der Waals surface area contributed by atoms with Gasteiger partial charge in [0.25, 0.3) is 0 Å². The van der Waals surface area contributed by atoms with Crippen LogP contribution in [0.25, 0.3) is 0 Å². The van der Waals surface area contributed by atoms with Crippen molar-refractivity contribution in [3.8, 4) is 0 Å². The molecule has 0 radical (unpaired) electrons. The molecule has 0 aromatic rings. The third-order valence-electron chi connectivity index (χ3n) is 2.17. The minimum Gasteiger partial charge on any atom is -0.458 e. The SMILES string of the molecule is CCC1OC(=O)C(F)(F)CC1C. The second-order valence-corrected chi connectivity index (χ2v) is 3.24. The standard InChI is InChI=1S/C8H12F2O2/c1-3-6-5(2)4-8(9,10)7(11)12-6/h5-6H,3-4H2,1-2H3. The molecule has 1 rings (SSSR count). The highest BCUT2D eigenvalue weighted by atomic mass is 19.3. The lowest BCUT2D eigenvalue weighted by atomic mass is 9.92. The molecule has 1 saturated heterocycles. The van der Waals surface area contributed by atoms with Crippen LogP contribution in [0.4, 0.5) is 8.78 Å². The van der Waals surface area contributed by atoms with Gasteiger partial charge in [-0.05, 0) is 12.3 Å². The highest BCUT2D eigenvalue weighted by Gasteiger charge is 2.48. The van der Waals surface area contributed by atoms with Crippen molar-refractivity contribution in [2.75, 3.05) is 0 Å². The number of cyclic esters (lactones) is 1. The van der Waals surface area contributed by atoms with Crippen LogP contribution in [-0.4, -0.2) is 18.0 Å². The molecule has 1 fully saturated rings. The molecule has 0 bridgehead atoms. The summed E-state index contributed by atoms with van der Waals surface area (Å²) >= 11 is 0. The van der Waals surface area contributed by atoms with E-state index in [9.17, 15) is 13.6 Å². The van der Waals surface area contributed by atoms with E-state index < -0.39 is 11.9 Å². The maximum absolute atomic E-state index is 12.7. The Kier molecular flexibility index (Phi) is 2.35. The Morgan fingerprint density at radius 3 is 2.75 bits per heavy atom. The molecule has 0 aliphatic carbocycles. The molecular weight excluding hydrogens is 166 g/mol. The zero-order valence-electron chi connectivity index (χ0n) is 7.14. The first-order valence-electron chi connectivity index (χ1n) is 4.06. The summed E-state index contributed by atoms with van der Waals surface area (Å²) in [6.45, 7) is 3.49. The molecule has 0 aromatic carbocycles. The van der Waals surface area contributed by atoms with Crippen LogP contribution in [0.2, 0.25) is 0 Å². The van der Waals surface area contributed by atoms with E-state index in [-0.39, 0.29) is 18.4 Å². The Bertz CT molecular complexity index is 191. The lowest BCUT2D eigenvalue weighted by Crippen LogP contribution is -2.44. The molecule has 2 nitrogen and oxygen atoms in total. The predicted octanol–water partition coefficient (Wildman–Crippen LogP) is 1.98. The number of rotatable bonds is 1. The quantitative estimate of drug-likeness (QED) is 0.574. The summed E-state index contributed by atoms with van der Waals surface area (Å²) < 4.78 is 29.9. The van der Waals surface area contributed by atoms with Crippen molar-refractivity contribution in [1.29, 1.82) is 0 Å². The van der Waals surface area contributed by atoms with Crippen molar-refractivity contribution >= 4 is 5.97 Å². The van der Waals surface area contributed by atoms with Crippen LogP contribution < -0.4 is 0 Å². The van der Waals surface area contributed by atoms with Crippen LogP contribution in [0.1, 0.15) is 26.7 Å². The number of halogens is 2. The van der Waals surface area contributed by atoms with E-state index in [1.54, 1.807) is 6.92 Å². The minimum absolute atomic E-state index is 0.248. The van der Waals surface area contributed by atoms with Crippen molar-refractivity contribution < 1.29 is 18.3 Å². The number of esters is 1. The van der Waals surface area contributed by atoms with E-state index in [1.165, 1.54) is 0 Å². The zero-order valence-corrected chi connectivity index (χ0v) is 7.14. The van der Waals surface area contributed by atoms with Crippen LogP contribution in [-0.2, 0) is 9.53 Å². The van der Waals surface area contributed by atoms with Gasteiger partial charge in [0.05, 0.1) is 0 Å². The van der Waals surface area contributed by atoms with Crippen molar-refractivity contribution in [3.05, 3.63) is 0 Å². The Hall–Kier alpha value is -0.670. The Morgan fingerprint density at radius 2 is 2.25 bits per heavy atom. The first kappa shape index (κ1) is 9.42. The average Bonchev–Trinajstić information content (AvgIpc) is 1.96. The van der Waals surface area contributed by atoms with Gasteiger partial charge in [0.15, 0.2) is 0 Å². The second-order valence-electron chi connectivity index (χ2n) is 3.24. The van der Waals surface area contributed by atoms with Crippen molar-refractivity contribution in [2.24, 2.45) is 5.92 Å². The van der Waals surface area contributed by atoms with E-state index in [0.29, 0.717) is 6.42 Å². The lowest BCUT2D eigenvalue weighted by Gasteiger charge is -2.32. The number of carbonyl (C=O) groups excluding carboxylic acids is 1. The predicted molar refractivity (Wildman–Crippen MR) is 38.9 cm³/mol. The van der Waals surface area contributed by atoms with Crippen LogP contribution in [0.5, 0.6) is 0 Å². The first-order chi connectivity index (χ1) is 5.47. The van der Waals surface area contributed by atoms with Gasteiger partial charge in [-0.2, -0.15) is 8.78 Å². The van der Waals surface area contributed by atoms with Gasteiger partial charge in [0, 0.05) is 6.42 Å². The van der Waals surface area contributed by atoms with Gasteiger partial charge in [-0.15, -0.1) is 0 Å². The molecule has 1 aliphatic rings.